The van der Waals surface area contributed by atoms with Crippen LogP contribution in [0.5, 0.6) is 0 Å². The van der Waals surface area contributed by atoms with E-state index in [-0.39, 0.29) is 62.3 Å². The Labute approximate surface area is 203 Å². The van der Waals surface area contributed by atoms with Crippen molar-refractivity contribution in [1.29, 1.82) is 0 Å². The summed E-state index contributed by atoms with van der Waals surface area (Å²) in [6.45, 7) is 1.85. The highest BCUT2D eigenvalue weighted by Gasteiger charge is 2.30. The maximum atomic E-state index is 12.9. The van der Waals surface area contributed by atoms with Crippen molar-refractivity contribution < 1.29 is 23.9 Å². The number of ether oxygens (including phenoxy) is 1. The van der Waals surface area contributed by atoms with Crippen molar-refractivity contribution in [1.82, 2.24) is 9.97 Å². The predicted octanol–water partition coefficient (Wildman–Crippen LogP) is 3.40. The number of rotatable bonds is 6. The number of hydrogen-bond acceptors (Lipinski definition) is 9. The Balaban J connectivity index is 1.47. The lowest BCUT2D eigenvalue weighted by Crippen LogP contribution is -2.22. The summed E-state index contributed by atoms with van der Waals surface area (Å²) in [5.41, 5.74) is 6.99. The Morgan fingerprint density at radius 3 is 2.35 bits per heavy atom. The number of nitrogens with two attached hydrogens (primary N) is 1. The van der Waals surface area contributed by atoms with Gasteiger partial charge in [0.2, 0.25) is 5.91 Å². The van der Waals surface area contributed by atoms with E-state index >= 15 is 0 Å². The summed E-state index contributed by atoms with van der Waals surface area (Å²) in [6, 6.07) is 9.32. The second kappa shape index (κ2) is 9.62. The lowest BCUT2D eigenvalue weighted by Gasteiger charge is -2.19. The minimum absolute atomic E-state index is 0.0391. The number of nitrogen functional groups attached to an aromatic ring is 1. The van der Waals surface area contributed by atoms with Gasteiger partial charge in [-0.3, -0.25) is 14.4 Å². The average Bonchev–Trinajstić information content (AvgIpc) is 2.82. The number of amides is 1. The van der Waals surface area contributed by atoms with Crippen LogP contribution in [0.25, 0.3) is 0 Å². The summed E-state index contributed by atoms with van der Waals surface area (Å²) in [7, 11) is 0. The fourth-order valence-corrected chi connectivity index (χ4v) is 4.18. The molecule has 11 heteroatoms. The first-order valence-corrected chi connectivity index (χ1v) is 11.4. The zero-order valence-electron chi connectivity index (χ0n) is 17.8. The first kappa shape index (κ1) is 23.4. The number of nitrogens with zero attached hydrogens (tertiary/aromatic N) is 2. The largest absolute Gasteiger partial charge is 0.462 e. The van der Waals surface area contributed by atoms with Gasteiger partial charge < -0.3 is 15.8 Å². The smallest absolute Gasteiger partial charge is 0.343 e. The Hall–Kier alpha value is -3.76. The number of ketones is 2. The highest BCUT2D eigenvalue weighted by Crippen LogP contribution is 2.33. The van der Waals surface area contributed by atoms with Crippen LogP contribution >= 0.6 is 23.4 Å². The van der Waals surface area contributed by atoms with Crippen molar-refractivity contribution in [3.05, 3.63) is 75.4 Å². The molecule has 3 aromatic rings. The highest BCUT2D eigenvalue weighted by molar-refractivity contribution is 7.99. The van der Waals surface area contributed by atoms with E-state index < -0.39 is 11.9 Å². The van der Waals surface area contributed by atoms with Gasteiger partial charge in [-0.2, -0.15) is 0 Å². The van der Waals surface area contributed by atoms with Gasteiger partial charge in [0.15, 0.2) is 16.7 Å². The van der Waals surface area contributed by atoms with Crippen molar-refractivity contribution in [2.24, 2.45) is 0 Å². The topological polar surface area (TPSA) is 141 Å². The van der Waals surface area contributed by atoms with E-state index in [1.54, 1.807) is 31.2 Å². The minimum Gasteiger partial charge on any atom is -0.462 e. The number of anilines is 2. The SMILES string of the molecule is CCOC(=O)c1cnc(SCC(=O)Nc2cc3c(cc2Cl)C(=O)c2ccccc2C3=O)nc1N. The third-order valence-electron chi connectivity index (χ3n) is 4.91. The van der Waals surface area contributed by atoms with Gasteiger partial charge in [0.05, 0.1) is 23.1 Å². The van der Waals surface area contributed by atoms with Crippen molar-refractivity contribution in [2.45, 2.75) is 12.1 Å². The molecule has 1 heterocycles. The van der Waals surface area contributed by atoms with Crippen LogP contribution in [-0.4, -0.2) is 45.8 Å². The molecule has 1 aliphatic rings. The Kier molecular flexibility index (Phi) is 6.62. The molecule has 34 heavy (non-hydrogen) atoms. The number of carbonyl (C=O) groups excluding carboxylic acids is 4. The number of nitrogens with one attached hydrogen (secondary N) is 1. The highest BCUT2D eigenvalue weighted by atomic mass is 35.5. The van der Waals surface area contributed by atoms with Crippen molar-refractivity contribution in [3.8, 4) is 0 Å². The van der Waals surface area contributed by atoms with Crippen LogP contribution in [0, 0.1) is 0 Å². The molecule has 0 aliphatic heterocycles. The Morgan fingerprint density at radius 1 is 1.09 bits per heavy atom. The maximum absolute atomic E-state index is 12.9. The van der Waals surface area contributed by atoms with E-state index in [2.05, 4.69) is 15.3 Å². The predicted molar refractivity (Wildman–Crippen MR) is 127 cm³/mol. The summed E-state index contributed by atoms with van der Waals surface area (Å²) >= 11 is 7.28. The zero-order valence-corrected chi connectivity index (χ0v) is 19.3. The van der Waals surface area contributed by atoms with Gasteiger partial charge in [-0.1, -0.05) is 47.6 Å². The second-order valence-electron chi connectivity index (χ2n) is 7.09. The van der Waals surface area contributed by atoms with Gasteiger partial charge in [0, 0.05) is 28.5 Å². The monoisotopic (exact) mass is 496 g/mol. The van der Waals surface area contributed by atoms with Gasteiger partial charge in [-0.25, -0.2) is 14.8 Å². The number of carbonyl (C=O) groups is 4. The Bertz CT molecular complexity index is 1360. The van der Waals surface area contributed by atoms with E-state index in [0.29, 0.717) is 11.1 Å². The number of esters is 1. The lowest BCUT2D eigenvalue weighted by molar-refractivity contribution is -0.113. The van der Waals surface area contributed by atoms with Gasteiger partial charge in [0.25, 0.3) is 0 Å². The summed E-state index contributed by atoms with van der Waals surface area (Å²) in [6.07, 6.45) is 1.24. The normalized spacial score (nSPS) is 12.1. The summed E-state index contributed by atoms with van der Waals surface area (Å²) in [4.78, 5) is 58.0. The number of fused-ring (bicyclic) bond motifs is 2. The van der Waals surface area contributed by atoms with Crippen LogP contribution < -0.4 is 11.1 Å². The van der Waals surface area contributed by atoms with E-state index in [1.807, 2.05) is 0 Å². The molecule has 9 nitrogen and oxygen atoms in total. The Morgan fingerprint density at radius 2 is 1.74 bits per heavy atom. The second-order valence-corrected chi connectivity index (χ2v) is 8.44. The number of hydrogen-bond donors (Lipinski definition) is 2. The molecular formula is C23H17ClN4O5S. The molecule has 0 saturated carbocycles. The van der Waals surface area contributed by atoms with Crippen molar-refractivity contribution in [2.75, 3.05) is 23.4 Å². The summed E-state index contributed by atoms with van der Waals surface area (Å²) in [5, 5.41) is 2.95. The molecule has 0 fully saturated rings. The molecular weight excluding hydrogens is 480 g/mol. The lowest BCUT2D eigenvalue weighted by atomic mass is 9.84. The molecule has 0 atom stereocenters. The first-order chi connectivity index (χ1) is 16.3. The van der Waals surface area contributed by atoms with E-state index in [1.165, 1.54) is 18.3 Å². The fraction of sp³-hybridized carbons (Fsp3) is 0.130. The fourth-order valence-electron chi connectivity index (χ4n) is 3.34. The molecule has 0 spiro atoms. The van der Waals surface area contributed by atoms with Gasteiger partial charge >= 0.3 is 5.97 Å². The molecule has 172 valence electrons. The molecule has 0 radical (unpaired) electrons. The van der Waals surface area contributed by atoms with Crippen LogP contribution in [0.3, 0.4) is 0 Å². The quantitative estimate of drug-likeness (QED) is 0.233. The van der Waals surface area contributed by atoms with Gasteiger partial charge in [0.1, 0.15) is 11.4 Å². The summed E-state index contributed by atoms with van der Waals surface area (Å²) in [5.74, 6) is -1.86. The maximum Gasteiger partial charge on any atom is 0.343 e. The van der Waals surface area contributed by atoms with Crippen LogP contribution in [0.15, 0.2) is 47.8 Å². The third-order valence-corrected chi connectivity index (χ3v) is 6.08. The third kappa shape index (κ3) is 4.50. The van der Waals surface area contributed by atoms with Crippen LogP contribution in [-0.2, 0) is 9.53 Å². The zero-order chi connectivity index (χ0) is 24.4. The number of thioether (sulfide) groups is 1. The number of halogens is 1. The van der Waals surface area contributed by atoms with E-state index in [9.17, 15) is 19.2 Å². The minimum atomic E-state index is -0.632. The van der Waals surface area contributed by atoms with Crippen molar-refractivity contribution >= 4 is 58.3 Å². The van der Waals surface area contributed by atoms with Crippen LogP contribution in [0.2, 0.25) is 5.02 Å². The molecule has 1 aromatic heterocycles. The molecule has 1 aliphatic carbocycles. The van der Waals surface area contributed by atoms with E-state index in [4.69, 9.17) is 22.1 Å². The average molecular weight is 497 g/mol. The summed E-state index contributed by atoms with van der Waals surface area (Å²) < 4.78 is 4.87. The van der Waals surface area contributed by atoms with Crippen molar-refractivity contribution in [3.63, 3.8) is 0 Å². The van der Waals surface area contributed by atoms with Gasteiger partial charge in [-0.15, -0.1) is 0 Å². The van der Waals surface area contributed by atoms with Crippen LogP contribution in [0.1, 0.15) is 49.1 Å². The van der Waals surface area contributed by atoms with Crippen LogP contribution in [0.4, 0.5) is 11.5 Å². The van der Waals surface area contributed by atoms with Gasteiger partial charge in [-0.05, 0) is 19.1 Å². The molecule has 0 bridgehead atoms. The molecule has 4 rings (SSSR count). The molecule has 0 saturated heterocycles. The first-order valence-electron chi connectivity index (χ1n) is 10.0. The standard InChI is InChI=1S/C23H17ClN4O5S/c1-2-33-22(32)15-9-26-23(28-21(15)25)34-10-18(29)27-17-8-14-13(7-16(17)24)19(30)11-5-3-4-6-12(11)20(14)31/h3-9H,2,10H2,1H3,(H,27,29)(H2,25,26,28). The molecule has 1 amide bonds. The molecule has 2 aromatic carbocycles. The number of aromatic nitrogens is 2. The number of benzene rings is 2. The molecule has 3 N–H and O–H groups in total. The molecule has 0 unspecified atom stereocenters. The van der Waals surface area contributed by atoms with E-state index in [0.717, 1.165) is 11.8 Å².